The van der Waals surface area contributed by atoms with Crippen molar-refractivity contribution in [3.05, 3.63) is 0 Å². The number of carbonyl (C=O) groups excluding carboxylic acids is 1. The summed E-state index contributed by atoms with van der Waals surface area (Å²) in [5.74, 6) is 0.265. The third-order valence-corrected chi connectivity index (χ3v) is 6.21. The van der Waals surface area contributed by atoms with E-state index in [2.05, 4.69) is 10.2 Å². The van der Waals surface area contributed by atoms with Crippen molar-refractivity contribution in [2.45, 2.75) is 57.0 Å². The second kappa shape index (κ2) is 6.89. The fraction of sp³-hybridized carbons (Fsp3) is 0.929. The summed E-state index contributed by atoms with van der Waals surface area (Å²) < 4.78 is 22.7. The molecule has 5 nitrogen and oxygen atoms in total. The van der Waals surface area contributed by atoms with Crippen molar-refractivity contribution in [3.8, 4) is 0 Å². The van der Waals surface area contributed by atoms with Gasteiger partial charge in [-0.2, -0.15) is 0 Å². The summed E-state index contributed by atoms with van der Waals surface area (Å²) in [7, 11) is -0.922. The van der Waals surface area contributed by atoms with E-state index in [0.717, 1.165) is 0 Å². The van der Waals surface area contributed by atoms with Gasteiger partial charge in [0.05, 0.1) is 18.1 Å². The molecule has 6 heteroatoms. The van der Waals surface area contributed by atoms with Crippen LogP contribution in [0.5, 0.6) is 0 Å². The average Bonchev–Trinajstić information content (AvgIpc) is 2.59. The minimum atomic E-state index is -2.92. The zero-order valence-electron chi connectivity index (χ0n) is 12.3. The molecule has 0 aromatic rings. The fourth-order valence-electron chi connectivity index (χ4n) is 3.24. The number of hydrogen-bond acceptors (Lipinski definition) is 4. The molecule has 1 saturated heterocycles. The lowest BCUT2D eigenvalue weighted by atomic mass is 10.1. The van der Waals surface area contributed by atoms with Crippen LogP contribution >= 0.6 is 0 Å². The van der Waals surface area contributed by atoms with E-state index in [0.29, 0.717) is 19.0 Å². The Bertz CT molecular complexity index is 428. The van der Waals surface area contributed by atoms with E-state index in [1.807, 2.05) is 7.05 Å². The molecule has 1 N–H and O–H groups in total. The van der Waals surface area contributed by atoms with Gasteiger partial charge in [-0.1, -0.05) is 25.7 Å². The van der Waals surface area contributed by atoms with E-state index in [9.17, 15) is 13.2 Å². The van der Waals surface area contributed by atoms with Crippen LogP contribution in [0, 0.1) is 0 Å². The third kappa shape index (κ3) is 4.74. The molecule has 1 aliphatic heterocycles. The third-order valence-electron chi connectivity index (χ3n) is 4.44. The monoisotopic (exact) mass is 302 g/mol. The first kappa shape index (κ1) is 15.8. The Morgan fingerprint density at radius 1 is 1.15 bits per heavy atom. The van der Waals surface area contributed by atoms with Gasteiger partial charge in [0.1, 0.15) is 0 Å². The van der Waals surface area contributed by atoms with Crippen LogP contribution in [-0.2, 0) is 14.6 Å². The summed E-state index contributed by atoms with van der Waals surface area (Å²) in [5, 5.41) is 2.86. The molecule has 116 valence electrons. The smallest absolute Gasteiger partial charge is 0.234 e. The predicted molar refractivity (Wildman–Crippen MR) is 79.3 cm³/mol. The van der Waals surface area contributed by atoms with E-state index in [-0.39, 0.29) is 23.5 Å². The topological polar surface area (TPSA) is 66.5 Å². The molecule has 2 aliphatic rings. The Hall–Kier alpha value is -0.620. The SMILES string of the molecule is CN(CC(=O)NC1CCS(=O)(=O)C1)C1CCCCCC1. The van der Waals surface area contributed by atoms with E-state index < -0.39 is 9.84 Å². The largest absolute Gasteiger partial charge is 0.351 e. The molecule has 1 atom stereocenters. The molecule has 1 unspecified atom stereocenters. The van der Waals surface area contributed by atoms with Crippen molar-refractivity contribution in [1.82, 2.24) is 10.2 Å². The number of amides is 1. The molecule has 2 fully saturated rings. The van der Waals surface area contributed by atoms with Crippen LogP contribution in [0.25, 0.3) is 0 Å². The predicted octanol–water partition coefficient (Wildman–Crippen LogP) is 0.944. The van der Waals surface area contributed by atoms with Gasteiger partial charge in [-0.05, 0) is 26.3 Å². The maximum Gasteiger partial charge on any atom is 0.234 e. The first-order valence-corrected chi connectivity index (χ1v) is 9.48. The number of hydrogen-bond donors (Lipinski definition) is 1. The zero-order valence-corrected chi connectivity index (χ0v) is 13.1. The highest BCUT2D eigenvalue weighted by molar-refractivity contribution is 7.91. The highest BCUT2D eigenvalue weighted by Crippen LogP contribution is 2.20. The standard InChI is InChI=1S/C14H26N2O3S/c1-16(13-6-4-2-3-5-7-13)10-14(17)15-12-8-9-20(18,19)11-12/h12-13H,2-11H2,1H3,(H,15,17). The molecular weight excluding hydrogens is 276 g/mol. The van der Waals surface area contributed by atoms with Crippen molar-refractivity contribution in [1.29, 1.82) is 0 Å². The van der Waals surface area contributed by atoms with Crippen molar-refractivity contribution >= 4 is 15.7 Å². The van der Waals surface area contributed by atoms with Gasteiger partial charge in [0.15, 0.2) is 9.84 Å². The van der Waals surface area contributed by atoms with Gasteiger partial charge < -0.3 is 5.32 Å². The molecule has 1 amide bonds. The summed E-state index contributed by atoms with van der Waals surface area (Å²) in [6.07, 6.45) is 7.99. The summed E-state index contributed by atoms with van der Waals surface area (Å²) >= 11 is 0. The van der Waals surface area contributed by atoms with Crippen LogP contribution in [0.2, 0.25) is 0 Å². The van der Waals surface area contributed by atoms with Crippen LogP contribution < -0.4 is 5.32 Å². The number of sulfone groups is 1. The average molecular weight is 302 g/mol. The Morgan fingerprint density at radius 3 is 2.35 bits per heavy atom. The van der Waals surface area contributed by atoms with Crippen molar-refractivity contribution in [2.24, 2.45) is 0 Å². The van der Waals surface area contributed by atoms with Gasteiger partial charge >= 0.3 is 0 Å². The lowest BCUT2D eigenvalue weighted by molar-refractivity contribution is -0.123. The van der Waals surface area contributed by atoms with E-state index >= 15 is 0 Å². The Balaban J connectivity index is 1.76. The molecule has 0 aromatic carbocycles. The summed E-state index contributed by atoms with van der Waals surface area (Å²) in [4.78, 5) is 14.1. The number of nitrogens with one attached hydrogen (secondary N) is 1. The van der Waals surface area contributed by atoms with E-state index in [4.69, 9.17) is 0 Å². The van der Waals surface area contributed by atoms with Gasteiger partial charge in [0, 0.05) is 12.1 Å². The van der Waals surface area contributed by atoms with E-state index in [1.54, 1.807) is 0 Å². The van der Waals surface area contributed by atoms with Gasteiger partial charge in [-0.15, -0.1) is 0 Å². The first-order valence-electron chi connectivity index (χ1n) is 7.66. The fourth-order valence-corrected chi connectivity index (χ4v) is 4.91. The summed E-state index contributed by atoms with van der Waals surface area (Å²) in [5.41, 5.74) is 0. The molecule has 1 aliphatic carbocycles. The zero-order chi connectivity index (χ0) is 14.6. The van der Waals surface area contributed by atoms with Crippen LogP contribution in [0.15, 0.2) is 0 Å². The maximum atomic E-state index is 12.0. The molecule has 1 heterocycles. The van der Waals surface area contributed by atoms with E-state index in [1.165, 1.54) is 38.5 Å². The Labute approximate surface area is 122 Å². The van der Waals surface area contributed by atoms with Crippen molar-refractivity contribution < 1.29 is 13.2 Å². The van der Waals surface area contributed by atoms with Gasteiger partial charge in [0.2, 0.25) is 5.91 Å². The molecule has 0 aromatic heterocycles. The van der Waals surface area contributed by atoms with Crippen LogP contribution in [0.1, 0.15) is 44.9 Å². The number of likely N-dealkylation sites (N-methyl/N-ethyl adjacent to an activating group) is 1. The first-order chi connectivity index (χ1) is 9.46. The molecular formula is C14H26N2O3S. The van der Waals surface area contributed by atoms with Crippen molar-refractivity contribution in [2.75, 3.05) is 25.1 Å². The minimum Gasteiger partial charge on any atom is -0.351 e. The minimum absolute atomic E-state index is 0.0427. The molecule has 1 saturated carbocycles. The highest BCUT2D eigenvalue weighted by atomic mass is 32.2. The molecule has 20 heavy (non-hydrogen) atoms. The van der Waals surface area contributed by atoms with Gasteiger partial charge in [-0.3, -0.25) is 9.69 Å². The normalized spacial score (nSPS) is 27.4. The number of carbonyl (C=O) groups is 1. The molecule has 0 radical (unpaired) electrons. The second-order valence-electron chi connectivity index (χ2n) is 6.23. The Kier molecular flexibility index (Phi) is 5.43. The molecule has 2 rings (SSSR count). The summed E-state index contributed by atoms with van der Waals surface area (Å²) in [6, 6.07) is 0.311. The van der Waals surface area contributed by atoms with Crippen molar-refractivity contribution in [3.63, 3.8) is 0 Å². The number of nitrogens with zero attached hydrogens (tertiary/aromatic N) is 1. The highest BCUT2D eigenvalue weighted by Gasteiger charge is 2.29. The summed E-state index contributed by atoms with van der Waals surface area (Å²) in [6.45, 7) is 0.376. The van der Waals surface area contributed by atoms with Crippen LogP contribution in [0.4, 0.5) is 0 Å². The quantitative estimate of drug-likeness (QED) is 0.785. The molecule has 0 spiro atoms. The maximum absolute atomic E-state index is 12.0. The molecule has 0 bridgehead atoms. The number of rotatable bonds is 4. The lowest BCUT2D eigenvalue weighted by Crippen LogP contribution is -2.44. The van der Waals surface area contributed by atoms with Gasteiger partial charge in [-0.25, -0.2) is 8.42 Å². The van der Waals surface area contributed by atoms with Crippen LogP contribution in [0.3, 0.4) is 0 Å². The Morgan fingerprint density at radius 2 is 1.80 bits per heavy atom. The van der Waals surface area contributed by atoms with Crippen LogP contribution in [-0.4, -0.2) is 56.4 Å². The second-order valence-corrected chi connectivity index (χ2v) is 8.46. The van der Waals surface area contributed by atoms with Gasteiger partial charge in [0.25, 0.3) is 0 Å². The lowest BCUT2D eigenvalue weighted by Gasteiger charge is -2.26.